The van der Waals surface area contributed by atoms with Gasteiger partial charge in [-0.05, 0) is 49.8 Å². The Hall–Kier alpha value is -1.24. The highest BCUT2D eigenvalue weighted by Crippen LogP contribution is 2.10. The maximum Gasteiger partial charge on any atom is 0.193 e. The van der Waals surface area contributed by atoms with Crippen molar-refractivity contribution in [1.82, 2.24) is 10.2 Å². The van der Waals surface area contributed by atoms with Crippen molar-refractivity contribution in [2.45, 2.75) is 38.5 Å². The molecule has 0 amide bonds. The van der Waals surface area contributed by atoms with Crippen molar-refractivity contribution in [3.63, 3.8) is 0 Å². The van der Waals surface area contributed by atoms with Gasteiger partial charge in [-0.1, -0.05) is 24.6 Å². The normalized spacial score (nSPS) is 10.8. The van der Waals surface area contributed by atoms with Crippen LogP contribution in [0.4, 0.5) is 0 Å². The van der Waals surface area contributed by atoms with E-state index in [-0.39, 0.29) is 24.0 Å². The first-order valence-electron chi connectivity index (χ1n) is 8.48. The third kappa shape index (κ3) is 9.80. The lowest BCUT2D eigenvalue weighted by molar-refractivity contribution is 0.454. The van der Waals surface area contributed by atoms with Crippen molar-refractivity contribution in [1.29, 1.82) is 0 Å². The third-order valence-electron chi connectivity index (χ3n) is 3.84. The smallest absolute Gasteiger partial charge is 0.193 e. The van der Waals surface area contributed by atoms with Gasteiger partial charge in [-0.15, -0.1) is 30.6 Å². The highest BCUT2D eigenvalue weighted by Gasteiger charge is 2.04. The van der Waals surface area contributed by atoms with Crippen LogP contribution in [0.2, 0.25) is 0 Å². The number of aliphatic imine (C=N–C) groups is 1. The van der Waals surface area contributed by atoms with Crippen LogP contribution < -0.4 is 5.32 Å². The highest BCUT2D eigenvalue weighted by molar-refractivity contribution is 14.0. The van der Waals surface area contributed by atoms with Gasteiger partial charge in [0, 0.05) is 27.2 Å². The van der Waals surface area contributed by atoms with Gasteiger partial charge in [-0.2, -0.15) is 0 Å². The van der Waals surface area contributed by atoms with E-state index in [9.17, 15) is 5.11 Å². The van der Waals surface area contributed by atoms with Crippen LogP contribution in [0.3, 0.4) is 0 Å². The molecule has 4 nitrogen and oxygen atoms in total. The van der Waals surface area contributed by atoms with Crippen molar-refractivity contribution in [2.75, 3.05) is 27.2 Å². The third-order valence-corrected chi connectivity index (χ3v) is 3.84. The zero-order valence-corrected chi connectivity index (χ0v) is 17.3. The fraction of sp³-hybridized carbons (Fsp3) is 0.526. The summed E-state index contributed by atoms with van der Waals surface area (Å²) in [5.41, 5.74) is 1.25. The van der Waals surface area contributed by atoms with E-state index >= 15 is 0 Å². The zero-order chi connectivity index (χ0) is 16.9. The van der Waals surface area contributed by atoms with Gasteiger partial charge < -0.3 is 15.3 Å². The summed E-state index contributed by atoms with van der Waals surface area (Å²) in [7, 11) is 3.92. The molecule has 0 heterocycles. The van der Waals surface area contributed by atoms with Gasteiger partial charge in [0.25, 0.3) is 0 Å². The zero-order valence-electron chi connectivity index (χ0n) is 15.0. The second-order valence-corrected chi connectivity index (χ2v) is 5.80. The first kappa shape index (κ1) is 22.8. The molecule has 0 aromatic heterocycles. The maximum absolute atomic E-state index is 9.27. The Kier molecular flexibility index (Phi) is 13.4. The number of guanidine groups is 1. The molecule has 0 aliphatic heterocycles. The second kappa shape index (κ2) is 14.1. The number of aromatic hydroxyl groups is 1. The molecule has 5 heteroatoms. The molecule has 0 aliphatic carbocycles. The molecular weight excluding hydrogens is 413 g/mol. The van der Waals surface area contributed by atoms with Crippen LogP contribution in [0, 0.1) is 0 Å². The SMILES string of the molecule is C=CCCCCCN(C)C(=NC)NCCCc1ccc(O)cc1.I. The minimum atomic E-state index is 0. The lowest BCUT2D eigenvalue weighted by Gasteiger charge is -2.22. The number of nitrogens with zero attached hydrogens (tertiary/aromatic N) is 2. The van der Waals surface area contributed by atoms with Crippen LogP contribution >= 0.6 is 24.0 Å². The van der Waals surface area contributed by atoms with Crippen LogP contribution in [0.25, 0.3) is 0 Å². The van der Waals surface area contributed by atoms with E-state index < -0.39 is 0 Å². The number of phenolic OH excluding ortho intramolecular Hbond substituents is 1. The summed E-state index contributed by atoms with van der Waals surface area (Å²) in [4.78, 5) is 6.53. The number of benzene rings is 1. The quantitative estimate of drug-likeness (QED) is 0.187. The summed E-state index contributed by atoms with van der Waals surface area (Å²) in [6, 6.07) is 7.42. The van der Waals surface area contributed by atoms with Crippen molar-refractivity contribution in [3.8, 4) is 5.75 Å². The molecule has 24 heavy (non-hydrogen) atoms. The molecule has 0 bridgehead atoms. The number of allylic oxidation sites excluding steroid dienone is 1. The molecule has 0 unspecified atom stereocenters. The minimum absolute atomic E-state index is 0. The summed E-state index contributed by atoms with van der Waals surface area (Å²) in [6.07, 6.45) is 8.75. The number of hydrogen-bond donors (Lipinski definition) is 2. The van der Waals surface area contributed by atoms with Gasteiger partial charge in [0.15, 0.2) is 5.96 Å². The summed E-state index contributed by atoms with van der Waals surface area (Å²) < 4.78 is 0. The van der Waals surface area contributed by atoms with E-state index in [0.717, 1.165) is 38.3 Å². The molecule has 0 radical (unpaired) electrons. The van der Waals surface area contributed by atoms with E-state index in [1.54, 1.807) is 12.1 Å². The second-order valence-electron chi connectivity index (χ2n) is 5.80. The fourth-order valence-corrected chi connectivity index (χ4v) is 2.46. The molecule has 0 fully saturated rings. The maximum atomic E-state index is 9.27. The fourth-order valence-electron chi connectivity index (χ4n) is 2.46. The number of phenols is 1. The molecule has 0 atom stereocenters. The lowest BCUT2D eigenvalue weighted by atomic mass is 10.1. The topological polar surface area (TPSA) is 47.9 Å². The van der Waals surface area contributed by atoms with E-state index in [4.69, 9.17) is 0 Å². The monoisotopic (exact) mass is 445 g/mol. The molecular formula is C19H32IN3O. The average molecular weight is 445 g/mol. The van der Waals surface area contributed by atoms with Gasteiger partial charge in [-0.3, -0.25) is 4.99 Å². The highest BCUT2D eigenvalue weighted by atomic mass is 127. The molecule has 1 aromatic carbocycles. The summed E-state index contributed by atoms with van der Waals surface area (Å²) in [5.74, 6) is 1.28. The number of hydrogen-bond acceptors (Lipinski definition) is 2. The van der Waals surface area contributed by atoms with Crippen LogP contribution in [0.5, 0.6) is 5.75 Å². The van der Waals surface area contributed by atoms with Crippen molar-refractivity contribution >= 4 is 29.9 Å². The Morgan fingerprint density at radius 2 is 1.92 bits per heavy atom. The molecule has 1 aromatic rings. The van der Waals surface area contributed by atoms with Crippen LogP contribution in [-0.2, 0) is 6.42 Å². The van der Waals surface area contributed by atoms with Gasteiger partial charge in [0.05, 0.1) is 0 Å². The molecule has 0 saturated carbocycles. The number of aryl methyl sites for hydroxylation is 1. The van der Waals surface area contributed by atoms with Crippen molar-refractivity contribution in [3.05, 3.63) is 42.5 Å². The predicted molar refractivity (Wildman–Crippen MR) is 114 cm³/mol. The van der Waals surface area contributed by atoms with Crippen molar-refractivity contribution < 1.29 is 5.11 Å². The molecule has 2 N–H and O–H groups in total. The Bertz CT molecular complexity index is 474. The van der Waals surface area contributed by atoms with Gasteiger partial charge >= 0.3 is 0 Å². The summed E-state index contributed by atoms with van der Waals surface area (Å²) in [5, 5.41) is 12.7. The van der Waals surface area contributed by atoms with E-state index in [0.29, 0.717) is 5.75 Å². The van der Waals surface area contributed by atoms with E-state index in [1.807, 2.05) is 25.3 Å². The predicted octanol–water partition coefficient (Wildman–Crippen LogP) is 4.20. The van der Waals surface area contributed by atoms with E-state index in [2.05, 4.69) is 28.8 Å². The lowest BCUT2D eigenvalue weighted by Crippen LogP contribution is -2.39. The average Bonchev–Trinajstić information content (AvgIpc) is 2.56. The first-order chi connectivity index (χ1) is 11.2. The van der Waals surface area contributed by atoms with Gasteiger partial charge in [0.1, 0.15) is 5.75 Å². The van der Waals surface area contributed by atoms with Gasteiger partial charge in [-0.25, -0.2) is 0 Å². The summed E-state index contributed by atoms with van der Waals surface area (Å²) >= 11 is 0. The van der Waals surface area contributed by atoms with Gasteiger partial charge in [0.2, 0.25) is 0 Å². The largest absolute Gasteiger partial charge is 0.508 e. The van der Waals surface area contributed by atoms with Crippen LogP contribution in [0.15, 0.2) is 41.9 Å². The molecule has 136 valence electrons. The Balaban J connectivity index is 0.00000529. The standard InChI is InChI=1S/C19H31N3O.HI/c1-4-5-6-7-8-16-22(3)19(20-2)21-15-9-10-17-11-13-18(23)14-12-17;/h4,11-14,23H,1,5-10,15-16H2,2-3H3,(H,20,21);1H. The van der Waals surface area contributed by atoms with E-state index in [1.165, 1.54) is 24.8 Å². The van der Waals surface area contributed by atoms with Crippen LogP contribution in [-0.4, -0.2) is 43.2 Å². The molecule has 0 spiro atoms. The molecule has 0 aliphatic rings. The number of unbranched alkanes of at least 4 members (excludes halogenated alkanes) is 3. The molecule has 1 rings (SSSR count). The Morgan fingerprint density at radius 1 is 1.21 bits per heavy atom. The molecule has 0 saturated heterocycles. The van der Waals surface area contributed by atoms with Crippen molar-refractivity contribution in [2.24, 2.45) is 4.99 Å². The minimum Gasteiger partial charge on any atom is -0.508 e. The Labute approximate surface area is 164 Å². The van der Waals surface area contributed by atoms with Crippen LogP contribution in [0.1, 0.15) is 37.7 Å². The number of nitrogens with one attached hydrogen (secondary N) is 1. The first-order valence-corrected chi connectivity index (χ1v) is 8.48. The number of rotatable bonds is 10. The number of halogens is 1. The Morgan fingerprint density at radius 3 is 2.54 bits per heavy atom. The summed E-state index contributed by atoms with van der Waals surface area (Å²) in [6.45, 7) is 5.67.